The van der Waals surface area contributed by atoms with Gasteiger partial charge in [-0.1, -0.05) is 24.3 Å². The van der Waals surface area contributed by atoms with E-state index in [2.05, 4.69) is 14.6 Å². The van der Waals surface area contributed by atoms with E-state index < -0.39 is 15.8 Å². The van der Waals surface area contributed by atoms with Gasteiger partial charge in [-0.2, -0.15) is 0 Å². The summed E-state index contributed by atoms with van der Waals surface area (Å²) in [5.41, 5.74) is 2.55. The van der Waals surface area contributed by atoms with Crippen LogP contribution in [0.25, 0.3) is 21.7 Å². The fraction of sp³-hybridized carbons (Fsp3) is 0.182. The normalized spacial score (nSPS) is 12.1. The Morgan fingerprint density at radius 2 is 1.76 bits per heavy atom. The van der Waals surface area contributed by atoms with E-state index in [9.17, 15) is 12.8 Å². The number of anilines is 1. The maximum atomic E-state index is 14.1. The van der Waals surface area contributed by atoms with Crippen molar-refractivity contribution in [2.75, 3.05) is 25.4 Å². The van der Waals surface area contributed by atoms with Gasteiger partial charge in [0.05, 0.1) is 4.90 Å². The van der Waals surface area contributed by atoms with Crippen molar-refractivity contribution >= 4 is 37.4 Å². The van der Waals surface area contributed by atoms with Crippen molar-refractivity contribution in [1.82, 2.24) is 9.88 Å². The van der Waals surface area contributed by atoms with Crippen LogP contribution < -0.4 is 4.72 Å². The fourth-order valence-electron chi connectivity index (χ4n) is 3.47. The third kappa shape index (κ3) is 3.83. The first-order valence-corrected chi connectivity index (χ1v) is 10.8. The van der Waals surface area contributed by atoms with Crippen LogP contribution >= 0.6 is 0 Å². The van der Waals surface area contributed by atoms with Gasteiger partial charge in [-0.3, -0.25) is 4.72 Å². The number of nitrogens with zero attached hydrogens (tertiary/aromatic N) is 1. The minimum atomic E-state index is -3.88. The van der Waals surface area contributed by atoms with E-state index in [0.717, 1.165) is 29.4 Å². The summed E-state index contributed by atoms with van der Waals surface area (Å²) in [7, 11) is 0.149. The third-order valence-electron chi connectivity index (χ3n) is 4.97. The van der Waals surface area contributed by atoms with Gasteiger partial charge in [0.2, 0.25) is 0 Å². The molecule has 0 saturated heterocycles. The highest BCUT2D eigenvalue weighted by Gasteiger charge is 2.19. The summed E-state index contributed by atoms with van der Waals surface area (Å²) in [6.07, 6.45) is 2.81. The number of H-pyrrole nitrogens is 1. The number of aromatic amines is 1. The molecule has 7 heteroatoms. The monoisotopic (exact) mass is 411 g/mol. The highest BCUT2D eigenvalue weighted by Crippen LogP contribution is 2.29. The van der Waals surface area contributed by atoms with Crippen molar-refractivity contribution in [1.29, 1.82) is 0 Å². The number of aromatic nitrogens is 1. The van der Waals surface area contributed by atoms with Gasteiger partial charge < -0.3 is 9.88 Å². The molecule has 4 rings (SSSR count). The third-order valence-corrected chi connectivity index (χ3v) is 6.41. The molecule has 0 atom stereocenters. The number of sulfonamides is 1. The van der Waals surface area contributed by atoms with Gasteiger partial charge in [-0.05, 0) is 56.4 Å². The lowest BCUT2D eigenvalue weighted by atomic mass is 10.1. The van der Waals surface area contributed by atoms with E-state index in [1.807, 2.05) is 32.4 Å². The van der Waals surface area contributed by atoms with Crippen molar-refractivity contribution in [3.05, 3.63) is 72.2 Å². The summed E-state index contributed by atoms with van der Waals surface area (Å²) < 4.78 is 42.8. The van der Waals surface area contributed by atoms with Gasteiger partial charge in [-0.25, -0.2) is 12.8 Å². The predicted octanol–water partition coefficient (Wildman–Crippen LogP) is 4.37. The SMILES string of the molecule is CN(C)CCc1c[nH]c2ccc(NS(=O)(=O)c3ccc(F)c4ccccc34)cc12. The zero-order valence-corrected chi connectivity index (χ0v) is 17.1. The first kappa shape index (κ1) is 19.4. The Kier molecular flexibility index (Phi) is 5.02. The Morgan fingerprint density at radius 1 is 1.00 bits per heavy atom. The summed E-state index contributed by atoms with van der Waals surface area (Å²) in [5.74, 6) is -0.446. The van der Waals surface area contributed by atoms with Crippen LogP contribution in [0.2, 0.25) is 0 Å². The molecule has 0 radical (unpaired) electrons. The molecule has 1 aromatic heterocycles. The summed E-state index contributed by atoms with van der Waals surface area (Å²) in [5, 5.41) is 1.62. The van der Waals surface area contributed by atoms with Crippen LogP contribution in [0.5, 0.6) is 0 Å². The molecule has 1 heterocycles. The number of benzene rings is 3. The average Bonchev–Trinajstić information content (AvgIpc) is 3.08. The lowest BCUT2D eigenvalue weighted by Gasteiger charge is -2.12. The largest absolute Gasteiger partial charge is 0.361 e. The van der Waals surface area contributed by atoms with Crippen molar-refractivity contribution in [2.24, 2.45) is 0 Å². The number of halogens is 1. The number of likely N-dealkylation sites (N-methyl/N-ethyl adjacent to an activating group) is 1. The Balaban J connectivity index is 1.71. The molecule has 0 aliphatic heterocycles. The van der Waals surface area contributed by atoms with E-state index in [-0.39, 0.29) is 10.3 Å². The first-order valence-electron chi connectivity index (χ1n) is 9.30. The van der Waals surface area contributed by atoms with Crippen LogP contribution in [0.1, 0.15) is 5.56 Å². The van der Waals surface area contributed by atoms with Crippen molar-refractivity contribution in [3.63, 3.8) is 0 Å². The number of nitrogens with one attached hydrogen (secondary N) is 2. The molecule has 4 aromatic rings. The van der Waals surface area contributed by atoms with Crippen molar-refractivity contribution in [3.8, 4) is 0 Å². The summed E-state index contributed by atoms with van der Waals surface area (Å²) in [6, 6.07) is 14.5. The zero-order chi connectivity index (χ0) is 20.6. The van der Waals surface area contributed by atoms with Gasteiger partial charge in [0, 0.05) is 40.1 Å². The number of rotatable bonds is 6. The van der Waals surface area contributed by atoms with Crippen molar-refractivity contribution in [2.45, 2.75) is 11.3 Å². The Bertz CT molecular complexity index is 1300. The van der Waals surface area contributed by atoms with Crippen LogP contribution in [0, 0.1) is 5.82 Å². The van der Waals surface area contributed by atoms with Gasteiger partial charge in [0.25, 0.3) is 10.0 Å². The maximum Gasteiger partial charge on any atom is 0.262 e. The van der Waals surface area contributed by atoms with Gasteiger partial charge in [0.1, 0.15) is 5.82 Å². The molecule has 0 spiro atoms. The highest BCUT2D eigenvalue weighted by molar-refractivity contribution is 7.93. The minimum absolute atomic E-state index is 0.0523. The molecule has 5 nitrogen and oxygen atoms in total. The lowest BCUT2D eigenvalue weighted by Crippen LogP contribution is -2.15. The average molecular weight is 412 g/mol. The Hall–Kier alpha value is -2.90. The summed E-state index contributed by atoms with van der Waals surface area (Å²) >= 11 is 0. The van der Waals surface area contributed by atoms with Crippen LogP contribution in [0.3, 0.4) is 0 Å². The predicted molar refractivity (Wildman–Crippen MR) is 115 cm³/mol. The fourth-order valence-corrected chi connectivity index (χ4v) is 4.73. The van der Waals surface area contributed by atoms with E-state index >= 15 is 0 Å². The van der Waals surface area contributed by atoms with E-state index in [0.29, 0.717) is 11.1 Å². The topological polar surface area (TPSA) is 65.2 Å². The quantitative estimate of drug-likeness (QED) is 0.495. The minimum Gasteiger partial charge on any atom is -0.361 e. The van der Waals surface area contributed by atoms with Crippen LogP contribution in [0.15, 0.2) is 65.7 Å². The molecule has 0 bridgehead atoms. The zero-order valence-electron chi connectivity index (χ0n) is 16.2. The van der Waals surface area contributed by atoms with Crippen molar-refractivity contribution < 1.29 is 12.8 Å². The molecular formula is C22H22FN3O2S. The molecular weight excluding hydrogens is 389 g/mol. The first-order chi connectivity index (χ1) is 13.8. The molecule has 3 aromatic carbocycles. The van der Waals surface area contributed by atoms with Gasteiger partial charge in [0.15, 0.2) is 0 Å². The number of fused-ring (bicyclic) bond motifs is 2. The second-order valence-corrected chi connectivity index (χ2v) is 8.97. The Labute approximate surface area is 169 Å². The smallest absolute Gasteiger partial charge is 0.262 e. The number of hydrogen-bond acceptors (Lipinski definition) is 3. The molecule has 0 amide bonds. The summed E-state index contributed by atoms with van der Waals surface area (Å²) in [6.45, 7) is 0.893. The second kappa shape index (κ2) is 7.50. The number of hydrogen-bond donors (Lipinski definition) is 2. The molecule has 0 fully saturated rings. The lowest BCUT2D eigenvalue weighted by molar-refractivity contribution is 0.414. The standard InChI is InChI=1S/C22H22FN3O2S/c1-26(2)12-11-15-14-24-21-9-7-16(13-19(15)21)25-29(27,28)22-10-8-20(23)17-5-3-4-6-18(17)22/h3-10,13-14,24-25H,11-12H2,1-2H3. The van der Waals surface area contributed by atoms with Gasteiger partial charge in [-0.15, -0.1) is 0 Å². The molecule has 0 aliphatic carbocycles. The molecule has 29 heavy (non-hydrogen) atoms. The van der Waals surface area contributed by atoms with E-state index in [1.165, 1.54) is 12.1 Å². The molecule has 0 saturated carbocycles. The maximum absolute atomic E-state index is 14.1. The van der Waals surface area contributed by atoms with Crippen LogP contribution in [0.4, 0.5) is 10.1 Å². The highest BCUT2D eigenvalue weighted by atomic mass is 32.2. The van der Waals surface area contributed by atoms with Gasteiger partial charge >= 0.3 is 0 Å². The van der Waals surface area contributed by atoms with Crippen LogP contribution in [-0.4, -0.2) is 38.9 Å². The molecule has 2 N–H and O–H groups in total. The van der Waals surface area contributed by atoms with E-state index in [1.54, 1.807) is 30.3 Å². The molecule has 150 valence electrons. The molecule has 0 unspecified atom stereocenters. The van der Waals surface area contributed by atoms with E-state index in [4.69, 9.17) is 0 Å². The Morgan fingerprint density at radius 3 is 2.52 bits per heavy atom. The molecule has 0 aliphatic rings. The second-order valence-electron chi connectivity index (χ2n) is 7.32. The summed E-state index contributed by atoms with van der Waals surface area (Å²) in [4.78, 5) is 5.38. The van der Waals surface area contributed by atoms with Crippen LogP contribution in [-0.2, 0) is 16.4 Å².